The third-order valence-electron chi connectivity index (χ3n) is 2.91. The van der Waals surface area contributed by atoms with Gasteiger partial charge in [0, 0.05) is 11.8 Å². The number of halogens is 1. The molecule has 102 valence electrons. The number of rotatable bonds is 2. The van der Waals surface area contributed by atoms with E-state index in [1.54, 1.807) is 24.3 Å². The highest BCUT2D eigenvalue weighted by Gasteiger charge is 2.17. The third kappa shape index (κ3) is 2.35. The zero-order valence-corrected chi connectivity index (χ0v) is 10.4. The SMILES string of the molecule is Nc1cc2c(cc1Nc1ccc(F)cc1)NC(=O)CO2. The molecule has 0 atom stereocenters. The largest absolute Gasteiger partial charge is 0.482 e. The van der Waals surface area contributed by atoms with Crippen molar-refractivity contribution in [2.75, 3.05) is 23.0 Å². The first-order chi connectivity index (χ1) is 9.61. The number of hydrogen-bond donors (Lipinski definition) is 3. The number of fused-ring (bicyclic) bond motifs is 1. The fraction of sp³-hybridized carbons (Fsp3) is 0.0714. The Bertz CT molecular complexity index is 671. The fourth-order valence-electron chi connectivity index (χ4n) is 1.94. The second kappa shape index (κ2) is 4.73. The average molecular weight is 273 g/mol. The molecule has 0 bridgehead atoms. The van der Waals surface area contributed by atoms with Crippen LogP contribution < -0.4 is 21.1 Å². The molecule has 2 aromatic rings. The van der Waals surface area contributed by atoms with Gasteiger partial charge in [-0.3, -0.25) is 4.79 Å². The number of anilines is 4. The molecule has 1 amide bonds. The molecule has 2 aromatic carbocycles. The Labute approximate surface area is 114 Å². The van der Waals surface area contributed by atoms with Crippen LogP contribution in [-0.2, 0) is 4.79 Å². The molecule has 1 aliphatic rings. The van der Waals surface area contributed by atoms with E-state index < -0.39 is 0 Å². The predicted molar refractivity (Wildman–Crippen MR) is 74.7 cm³/mol. The highest BCUT2D eigenvalue weighted by molar-refractivity contribution is 5.97. The van der Waals surface area contributed by atoms with Crippen molar-refractivity contribution in [2.24, 2.45) is 0 Å². The van der Waals surface area contributed by atoms with E-state index in [9.17, 15) is 9.18 Å². The second-order valence-corrected chi connectivity index (χ2v) is 4.40. The summed E-state index contributed by atoms with van der Waals surface area (Å²) in [7, 11) is 0. The molecule has 0 aliphatic carbocycles. The molecule has 1 aliphatic heterocycles. The van der Waals surface area contributed by atoms with Crippen LogP contribution in [0.2, 0.25) is 0 Å². The lowest BCUT2D eigenvalue weighted by molar-refractivity contribution is -0.118. The maximum Gasteiger partial charge on any atom is 0.262 e. The number of nitrogens with one attached hydrogen (secondary N) is 2. The first-order valence-corrected chi connectivity index (χ1v) is 6.00. The Kier molecular flexibility index (Phi) is 2.90. The van der Waals surface area contributed by atoms with Crippen LogP contribution in [0.15, 0.2) is 36.4 Å². The summed E-state index contributed by atoms with van der Waals surface area (Å²) in [6, 6.07) is 9.22. The summed E-state index contributed by atoms with van der Waals surface area (Å²) in [4.78, 5) is 11.3. The molecule has 0 saturated heterocycles. The lowest BCUT2D eigenvalue weighted by Crippen LogP contribution is -2.25. The molecule has 0 aromatic heterocycles. The van der Waals surface area contributed by atoms with Crippen LogP contribution in [0.5, 0.6) is 5.75 Å². The van der Waals surface area contributed by atoms with Crippen molar-refractivity contribution in [3.8, 4) is 5.75 Å². The highest BCUT2D eigenvalue weighted by atomic mass is 19.1. The van der Waals surface area contributed by atoms with Crippen LogP contribution in [0, 0.1) is 5.82 Å². The van der Waals surface area contributed by atoms with E-state index in [4.69, 9.17) is 10.5 Å². The molecular formula is C14H12FN3O2. The molecule has 6 heteroatoms. The Morgan fingerprint density at radius 3 is 2.75 bits per heavy atom. The van der Waals surface area contributed by atoms with Crippen LogP contribution in [-0.4, -0.2) is 12.5 Å². The van der Waals surface area contributed by atoms with Crippen LogP contribution >= 0.6 is 0 Å². The normalized spacial score (nSPS) is 13.2. The summed E-state index contributed by atoms with van der Waals surface area (Å²) < 4.78 is 18.1. The van der Waals surface area contributed by atoms with Crippen molar-refractivity contribution in [1.29, 1.82) is 0 Å². The van der Waals surface area contributed by atoms with E-state index in [1.807, 2.05) is 0 Å². The van der Waals surface area contributed by atoms with E-state index in [1.165, 1.54) is 12.1 Å². The number of ether oxygens (including phenoxy) is 1. The van der Waals surface area contributed by atoms with Crippen molar-refractivity contribution < 1.29 is 13.9 Å². The number of benzene rings is 2. The van der Waals surface area contributed by atoms with E-state index in [-0.39, 0.29) is 18.3 Å². The summed E-state index contributed by atoms with van der Waals surface area (Å²) in [5.41, 5.74) is 8.27. The van der Waals surface area contributed by atoms with Crippen LogP contribution in [0.25, 0.3) is 0 Å². The Hall–Kier alpha value is -2.76. The number of nitrogens with two attached hydrogens (primary N) is 1. The van der Waals surface area contributed by atoms with Gasteiger partial charge in [0.1, 0.15) is 11.6 Å². The van der Waals surface area contributed by atoms with Gasteiger partial charge in [0.25, 0.3) is 5.91 Å². The van der Waals surface area contributed by atoms with Gasteiger partial charge in [-0.1, -0.05) is 0 Å². The molecule has 1 heterocycles. The second-order valence-electron chi connectivity index (χ2n) is 4.40. The molecule has 0 spiro atoms. The molecule has 0 radical (unpaired) electrons. The number of amides is 1. The van der Waals surface area contributed by atoms with Crippen LogP contribution in [0.3, 0.4) is 0 Å². The Balaban J connectivity index is 1.91. The molecule has 0 saturated carbocycles. The maximum absolute atomic E-state index is 12.9. The molecule has 0 fully saturated rings. The van der Waals surface area contributed by atoms with Gasteiger partial charge >= 0.3 is 0 Å². The third-order valence-corrected chi connectivity index (χ3v) is 2.91. The molecule has 4 N–H and O–H groups in total. The van der Waals surface area contributed by atoms with Gasteiger partial charge < -0.3 is 21.1 Å². The van der Waals surface area contributed by atoms with Crippen molar-refractivity contribution in [3.63, 3.8) is 0 Å². The first kappa shape index (κ1) is 12.3. The van der Waals surface area contributed by atoms with E-state index >= 15 is 0 Å². The Morgan fingerprint density at radius 2 is 2.00 bits per heavy atom. The average Bonchev–Trinajstić information content (AvgIpc) is 2.42. The van der Waals surface area contributed by atoms with Crippen molar-refractivity contribution in [2.45, 2.75) is 0 Å². The van der Waals surface area contributed by atoms with E-state index in [2.05, 4.69) is 10.6 Å². The van der Waals surface area contributed by atoms with Crippen LogP contribution in [0.4, 0.5) is 27.1 Å². The monoisotopic (exact) mass is 273 g/mol. The summed E-state index contributed by atoms with van der Waals surface area (Å²) >= 11 is 0. The number of carbonyl (C=O) groups excluding carboxylic acids is 1. The number of nitrogen functional groups attached to an aromatic ring is 1. The fourth-order valence-corrected chi connectivity index (χ4v) is 1.94. The molecule has 0 unspecified atom stereocenters. The Morgan fingerprint density at radius 1 is 1.25 bits per heavy atom. The highest BCUT2D eigenvalue weighted by Crippen LogP contribution is 2.36. The molecule has 5 nitrogen and oxygen atoms in total. The van der Waals surface area contributed by atoms with Gasteiger partial charge in [0.2, 0.25) is 0 Å². The summed E-state index contributed by atoms with van der Waals surface area (Å²) in [5, 5.41) is 5.77. The van der Waals surface area contributed by atoms with Crippen molar-refractivity contribution >= 4 is 28.7 Å². The van der Waals surface area contributed by atoms with Crippen molar-refractivity contribution in [3.05, 3.63) is 42.2 Å². The zero-order chi connectivity index (χ0) is 14.1. The summed E-state index contributed by atoms with van der Waals surface area (Å²) in [5.74, 6) is 0.0105. The van der Waals surface area contributed by atoms with Gasteiger partial charge in [-0.15, -0.1) is 0 Å². The number of carbonyl (C=O) groups is 1. The summed E-state index contributed by atoms with van der Waals surface area (Å²) in [6.07, 6.45) is 0. The van der Waals surface area contributed by atoms with Gasteiger partial charge in [-0.25, -0.2) is 4.39 Å². The van der Waals surface area contributed by atoms with Gasteiger partial charge in [0.15, 0.2) is 6.61 Å². The molecule has 20 heavy (non-hydrogen) atoms. The van der Waals surface area contributed by atoms with Crippen LogP contribution in [0.1, 0.15) is 0 Å². The van der Waals surface area contributed by atoms with Gasteiger partial charge in [-0.05, 0) is 30.3 Å². The zero-order valence-electron chi connectivity index (χ0n) is 10.4. The molecule has 3 rings (SSSR count). The van der Waals surface area contributed by atoms with E-state index in [0.717, 1.165) is 0 Å². The van der Waals surface area contributed by atoms with Gasteiger partial charge in [0.05, 0.1) is 17.1 Å². The lowest BCUT2D eigenvalue weighted by atomic mass is 10.2. The van der Waals surface area contributed by atoms with Gasteiger partial charge in [-0.2, -0.15) is 0 Å². The maximum atomic E-state index is 12.9. The first-order valence-electron chi connectivity index (χ1n) is 6.00. The quantitative estimate of drug-likeness (QED) is 0.735. The minimum Gasteiger partial charge on any atom is -0.482 e. The topological polar surface area (TPSA) is 76.4 Å². The summed E-state index contributed by atoms with van der Waals surface area (Å²) in [6.45, 7) is -0.0167. The predicted octanol–water partition coefficient (Wildman–Crippen LogP) is 2.48. The molecular weight excluding hydrogens is 261 g/mol. The minimum absolute atomic E-state index is 0.0167. The number of hydrogen-bond acceptors (Lipinski definition) is 4. The standard InChI is InChI=1S/C14H12FN3O2/c15-8-1-3-9(4-2-8)17-11-6-12-13(5-10(11)16)20-7-14(19)18-12/h1-6,17H,7,16H2,(H,18,19). The van der Waals surface area contributed by atoms with E-state index in [0.29, 0.717) is 28.5 Å². The minimum atomic E-state index is -0.311. The van der Waals surface area contributed by atoms with Crippen molar-refractivity contribution in [1.82, 2.24) is 0 Å². The lowest BCUT2D eigenvalue weighted by Gasteiger charge is -2.20. The smallest absolute Gasteiger partial charge is 0.262 e.